The molecular formula is C15H18FNO5. The molecule has 2 N–H and O–H groups in total. The summed E-state index contributed by atoms with van der Waals surface area (Å²) in [5.41, 5.74) is -0.252. The third-order valence-corrected chi connectivity index (χ3v) is 3.00. The molecular weight excluding hydrogens is 293 g/mol. The molecule has 7 heteroatoms. The molecule has 1 amide bonds. The summed E-state index contributed by atoms with van der Waals surface area (Å²) in [6.07, 6.45) is -0.144. The van der Waals surface area contributed by atoms with Crippen molar-refractivity contribution in [3.05, 3.63) is 35.6 Å². The van der Waals surface area contributed by atoms with E-state index in [0.29, 0.717) is 0 Å². The highest BCUT2D eigenvalue weighted by Crippen LogP contribution is 2.11. The minimum Gasteiger partial charge on any atom is -0.480 e. The second kappa shape index (κ2) is 8.11. The highest BCUT2D eigenvalue weighted by Gasteiger charge is 2.27. The molecule has 0 aliphatic heterocycles. The molecule has 6 nitrogen and oxygen atoms in total. The Labute approximate surface area is 127 Å². The van der Waals surface area contributed by atoms with E-state index in [9.17, 15) is 18.8 Å². The lowest BCUT2D eigenvalue weighted by Gasteiger charge is -2.18. The van der Waals surface area contributed by atoms with Crippen molar-refractivity contribution < 1.29 is 28.6 Å². The summed E-state index contributed by atoms with van der Waals surface area (Å²) in [7, 11) is 0. The lowest BCUT2D eigenvalue weighted by Crippen LogP contribution is -2.43. The second-order valence-corrected chi connectivity index (χ2v) is 4.73. The number of carboxylic acids is 1. The van der Waals surface area contributed by atoms with E-state index in [-0.39, 0.29) is 18.6 Å². The zero-order valence-electron chi connectivity index (χ0n) is 12.3. The Morgan fingerprint density at radius 2 is 1.95 bits per heavy atom. The third kappa shape index (κ3) is 4.83. The van der Waals surface area contributed by atoms with Gasteiger partial charge in [0.1, 0.15) is 11.9 Å². The minimum atomic E-state index is -1.31. The molecule has 1 rings (SSSR count). The number of aliphatic carboxylic acids is 1. The number of carboxylic acid groups (broad SMARTS) is 1. The van der Waals surface area contributed by atoms with Crippen molar-refractivity contribution in [1.82, 2.24) is 5.32 Å². The fraction of sp³-hybridized carbons (Fsp3) is 0.400. The van der Waals surface area contributed by atoms with E-state index in [2.05, 4.69) is 5.32 Å². The van der Waals surface area contributed by atoms with Crippen molar-refractivity contribution in [2.24, 2.45) is 5.92 Å². The first-order chi connectivity index (χ1) is 10.4. The van der Waals surface area contributed by atoms with Crippen molar-refractivity contribution >= 4 is 17.8 Å². The average Bonchev–Trinajstić information content (AvgIpc) is 2.46. The summed E-state index contributed by atoms with van der Waals surface area (Å²) >= 11 is 0. The summed E-state index contributed by atoms with van der Waals surface area (Å²) < 4.78 is 18.3. The first-order valence-corrected chi connectivity index (χ1v) is 6.81. The zero-order chi connectivity index (χ0) is 16.7. The number of hydrogen-bond donors (Lipinski definition) is 2. The molecule has 0 aromatic heterocycles. The fourth-order valence-corrected chi connectivity index (χ4v) is 1.84. The maximum atomic E-state index is 13.5. The fourth-order valence-electron chi connectivity index (χ4n) is 1.84. The molecule has 0 saturated heterocycles. The van der Waals surface area contributed by atoms with Gasteiger partial charge in [-0.2, -0.15) is 0 Å². The largest absolute Gasteiger partial charge is 0.480 e. The predicted octanol–water partition coefficient (Wildman–Crippen LogP) is 1.60. The number of amides is 1. The van der Waals surface area contributed by atoms with Gasteiger partial charge < -0.3 is 15.2 Å². The smallest absolute Gasteiger partial charge is 0.326 e. The number of nitrogens with one attached hydrogen (secondary N) is 1. The molecule has 0 fully saturated rings. The van der Waals surface area contributed by atoms with Crippen molar-refractivity contribution in [3.63, 3.8) is 0 Å². The maximum Gasteiger partial charge on any atom is 0.326 e. The molecule has 1 aromatic carbocycles. The van der Waals surface area contributed by atoms with Crippen LogP contribution in [0.1, 0.15) is 30.6 Å². The number of halogens is 1. The van der Waals surface area contributed by atoms with Crippen molar-refractivity contribution in [2.75, 3.05) is 6.61 Å². The molecule has 0 spiro atoms. The van der Waals surface area contributed by atoms with Gasteiger partial charge in [0.2, 0.25) is 0 Å². The van der Waals surface area contributed by atoms with Crippen LogP contribution in [-0.2, 0) is 14.3 Å². The van der Waals surface area contributed by atoms with Crippen LogP contribution in [0.3, 0.4) is 0 Å². The van der Waals surface area contributed by atoms with Gasteiger partial charge in [-0.15, -0.1) is 0 Å². The van der Waals surface area contributed by atoms with E-state index in [0.717, 1.165) is 6.07 Å². The van der Waals surface area contributed by atoms with Gasteiger partial charge in [0, 0.05) is 0 Å². The molecule has 120 valence electrons. The van der Waals surface area contributed by atoms with Crippen LogP contribution >= 0.6 is 0 Å². The van der Waals surface area contributed by atoms with Gasteiger partial charge in [-0.1, -0.05) is 19.1 Å². The van der Waals surface area contributed by atoms with Crippen LogP contribution in [-0.4, -0.2) is 35.6 Å². The van der Waals surface area contributed by atoms with Crippen LogP contribution in [0.2, 0.25) is 0 Å². The Kier molecular flexibility index (Phi) is 6.49. The molecule has 0 heterocycles. The lowest BCUT2D eigenvalue weighted by atomic mass is 10.0. The number of carbonyl (C=O) groups is 3. The van der Waals surface area contributed by atoms with Gasteiger partial charge in [-0.05, 0) is 25.5 Å². The quantitative estimate of drug-likeness (QED) is 0.746. The molecule has 0 aliphatic rings. The van der Waals surface area contributed by atoms with Gasteiger partial charge in [-0.25, -0.2) is 9.18 Å². The molecule has 0 bridgehead atoms. The Bertz CT molecular complexity index is 561. The van der Waals surface area contributed by atoms with Crippen LogP contribution < -0.4 is 5.32 Å². The van der Waals surface area contributed by atoms with Crippen molar-refractivity contribution in [2.45, 2.75) is 26.3 Å². The summed E-state index contributed by atoms with van der Waals surface area (Å²) in [5, 5.41) is 11.4. The summed E-state index contributed by atoms with van der Waals surface area (Å²) in [4.78, 5) is 34.7. The molecule has 22 heavy (non-hydrogen) atoms. The summed E-state index contributed by atoms with van der Waals surface area (Å²) in [6.45, 7) is 3.32. The van der Waals surface area contributed by atoms with E-state index < -0.39 is 35.6 Å². The number of hydrogen-bond acceptors (Lipinski definition) is 4. The Hall–Kier alpha value is -2.44. The number of esters is 1. The maximum absolute atomic E-state index is 13.5. The van der Waals surface area contributed by atoms with Crippen LogP contribution in [0, 0.1) is 11.7 Å². The van der Waals surface area contributed by atoms with Gasteiger partial charge in [0.15, 0.2) is 0 Å². The van der Waals surface area contributed by atoms with Crippen LogP contribution in [0.25, 0.3) is 0 Å². The number of rotatable bonds is 7. The zero-order valence-corrected chi connectivity index (χ0v) is 12.3. The van der Waals surface area contributed by atoms with Gasteiger partial charge >= 0.3 is 11.9 Å². The van der Waals surface area contributed by atoms with Crippen LogP contribution in [0.5, 0.6) is 0 Å². The standard InChI is InChI=1S/C15H18FNO5/c1-3-22-15(21)9(2)8-12(14(19)20)17-13(18)10-6-4-5-7-11(10)16/h4-7,9,12H,3,8H2,1-2H3,(H,17,18)(H,19,20)/t9-,12-/m1/s1. The number of benzene rings is 1. The van der Waals surface area contributed by atoms with E-state index in [1.54, 1.807) is 6.92 Å². The first kappa shape index (κ1) is 17.6. The van der Waals surface area contributed by atoms with Crippen molar-refractivity contribution in [1.29, 1.82) is 0 Å². The van der Waals surface area contributed by atoms with E-state index in [4.69, 9.17) is 9.84 Å². The van der Waals surface area contributed by atoms with Gasteiger partial charge in [-0.3, -0.25) is 9.59 Å². The van der Waals surface area contributed by atoms with E-state index in [1.165, 1.54) is 25.1 Å². The lowest BCUT2D eigenvalue weighted by molar-refractivity contribution is -0.148. The highest BCUT2D eigenvalue weighted by atomic mass is 19.1. The Morgan fingerprint density at radius 1 is 1.32 bits per heavy atom. The summed E-state index contributed by atoms with van der Waals surface area (Å²) in [6, 6.07) is 3.93. The normalized spacial score (nSPS) is 13.0. The SMILES string of the molecule is CCOC(=O)[C@H](C)C[C@@H](NC(=O)c1ccccc1F)C(=O)O. The van der Waals surface area contributed by atoms with Crippen LogP contribution in [0.4, 0.5) is 4.39 Å². The van der Waals surface area contributed by atoms with E-state index >= 15 is 0 Å². The molecule has 2 atom stereocenters. The van der Waals surface area contributed by atoms with Gasteiger partial charge in [0.25, 0.3) is 5.91 Å². The Balaban J connectivity index is 2.77. The molecule has 0 aliphatic carbocycles. The molecule has 0 saturated carbocycles. The van der Waals surface area contributed by atoms with Gasteiger partial charge in [0.05, 0.1) is 18.1 Å². The third-order valence-electron chi connectivity index (χ3n) is 3.00. The Morgan fingerprint density at radius 3 is 2.50 bits per heavy atom. The highest BCUT2D eigenvalue weighted by molar-refractivity contribution is 5.96. The topological polar surface area (TPSA) is 92.7 Å². The first-order valence-electron chi connectivity index (χ1n) is 6.81. The number of carbonyl (C=O) groups excluding carboxylic acids is 2. The monoisotopic (exact) mass is 311 g/mol. The molecule has 0 unspecified atom stereocenters. The second-order valence-electron chi connectivity index (χ2n) is 4.73. The predicted molar refractivity (Wildman–Crippen MR) is 75.7 cm³/mol. The minimum absolute atomic E-state index is 0.144. The molecule has 0 radical (unpaired) electrons. The van der Waals surface area contributed by atoms with E-state index in [1.807, 2.05) is 0 Å². The summed E-state index contributed by atoms with van der Waals surface area (Å²) in [5.74, 6) is -4.15. The van der Waals surface area contributed by atoms with Crippen molar-refractivity contribution in [3.8, 4) is 0 Å². The number of ether oxygens (including phenoxy) is 1. The average molecular weight is 311 g/mol. The molecule has 1 aromatic rings. The van der Waals surface area contributed by atoms with Crippen LogP contribution in [0.15, 0.2) is 24.3 Å².